The number of likely N-dealkylation sites (tertiary alicyclic amines) is 1. The van der Waals surface area contributed by atoms with Crippen LogP contribution in [0.3, 0.4) is 0 Å². The van der Waals surface area contributed by atoms with Crippen molar-refractivity contribution in [1.82, 2.24) is 19.9 Å². The Labute approximate surface area is 170 Å². The molecule has 1 unspecified atom stereocenters. The Hall–Kier alpha value is -3.13. The maximum absolute atomic E-state index is 12.9. The molecule has 1 aromatic carbocycles. The van der Waals surface area contributed by atoms with E-state index in [9.17, 15) is 14.4 Å². The first-order valence-corrected chi connectivity index (χ1v) is 9.71. The molecule has 9 heteroatoms. The standard InChI is InChI=1S/C20H19ClN4O4/c21-13-5-3-4-12(8-13)9-14-11-22-18(29-14)16-6-1-2-7-25(16)19(27)15-10-17(26)24-20(28)23-15/h3-5,8,10-11,16H,1-2,6-7,9H2,(H2,23,24,26,28). The molecule has 150 valence electrons. The van der Waals surface area contributed by atoms with Crippen LogP contribution in [0.4, 0.5) is 0 Å². The first-order valence-electron chi connectivity index (χ1n) is 9.33. The van der Waals surface area contributed by atoms with Crippen LogP contribution in [0.25, 0.3) is 0 Å². The Bertz CT molecular complexity index is 1120. The molecule has 0 radical (unpaired) electrons. The molecule has 8 nitrogen and oxygen atoms in total. The normalized spacial score (nSPS) is 16.7. The summed E-state index contributed by atoms with van der Waals surface area (Å²) in [5, 5.41) is 0.651. The number of hydrogen-bond acceptors (Lipinski definition) is 5. The van der Waals surface area contributed by atoms with E-state index in [1.54, 1.807) is 17.2 Å². The number of nitrogens with zero attached hydrogens (tertiary/aromatic N) is 2. The van der Waals surface area contributed by atoms with Gasteiger partial charge in [0, 0.05) is 24.1 Å². The Balaban J connectivity index is 1.58. The van der Waals surface area contributed by atoms with Crippen molar-refractivity contribution in [2.45, 2.75) is 31.7 Å². The second-order valence-corrected chi connectivity index (χ2v) is 7.42. The molecule has 1 aliphatic heterocycles. The van der Waals surface area contributed by atoms with Crippen LogP contribution in [0, 0.1) is 0 Å². The number of rotatable bonds is 4. The molecule has 1 fully saturated rings. The second kappa shape index (κ2) is 8.08. The minimum absolute atomic E-state index is 0.0450. The van der Waals surface area contributed by atoms with E-state index in [-0.39, 0.29) is 11.7 Å². The zero-order valence-electron chi connectivity index (χ0n) is 15.5. The predicted molar refractivity (Wildman–Crippen MR) is 106 cm³/mol. The number of nitrogens with one attached hydrogen (secondary N) is 2. The monoisotopic (exact) mass is 414 g/mol. The SMILES string of the molecule is O=C(c1cc(=O)[nH]c(=O)[nH]1)N1CCCCC1c1ncc(Cc2cccc(Cl)c2)o1. The highest BCUT2D eigenvalue weighted by atomic mass is 35.5. The average molecular weight is 415 g/mol. The molecule has 1 atom stereocenters. The highest BCUT2D eigenvalue weighted by Gasteiger charge is 2.32. The van der Waals surface area contributed by atoms with Crippen molar-refractivity contribution in [2.24, 2.45) is 0 Å². The van der Waals surface area contributed by atoms with E-state index in [2.05, 4.69) is 15.0 Å². The minimum Gasteiger partial charge on any atom is -0.443 e. The summed E-state index contributed by atoms with van der Waals surface area (Å²) < 4.78 is 5.94. The summed E-state index contributed by atoms with van der Waals surface area (Å²) in [6.07, 6.45) is 4.63. The number of benzene rings is 1. The Morgan fingerprint density at radius 1 is 1.24 bits per heavy atom. The summed E-state index contributed by atoms with van der Waals surface area (Å²) in [6.45, 7) is 0.490. The van der Waals surface area contributed by atoms with Crippen LogP contribution in [0.5, 0.6) is 0 Å². The molecule has 0 aliphatic carbocycles. The zero-order valence-corrected chi connectivity index (χ0v) is 16.2. The molecule has 29 heavy (non-hydrogen) atoms. The minimum atomic E-state index is -0.714. The van der Waals surface area contributed by atoms with Gasteiger partial charge in [-0.25, -0.2) is 9.78 Å². The van der Waals surface area contributed by atoms with Crippen LogP contribution in [0.1, 0.15) is 53.0 Å². The van der Waals surface area contributed by atoms with Gasteiger partial charge in [0.15, 0.2) is 0 Å². The van der Waals surface area contributed by atoms with Crippen molar-refractivity contribution >= 4 is 17.5 Å². The molecule has 1 aliphatic rings. The van der Waals surface area contributed by atoms with Gasteiger partial charge in [-0.3, -0.25) is 14.6 Å². The van der Waals surface area contributed by atoms with Gasteiger partial charge in [-0.2, -0.15) is 0 Å². The highest BCUT2D eigenvalue weighted by molar-refractivity contribution is 6.30. The lowest BCUT2D eigenvalue weighted by Crippen LogP contribution is -2.40. The van der Waals surface area contributed by atoms with Crippen molar-refractivity contribution in [3.63, 3.8) is 0 Å². The Morgan fingerprint density at radius 3 is 2.90 bits per heavy atom. The number of aromatic amines is 2. The Kier molecular flexibility index (Phi) is 5.35. The third kappa shape index (κ3) is 4.32. The Morgan fingerprint density at radius 2 is 2.10 bits per heavy atom. The summed E-state index contributed by atoms with van der Waals surface area (Å²) >= 11 is 6.03. The number of H-pyrrole nitrogens is 2. The van der Waals surface area contributed by atoms with Crippen LogP contribution in [0.2, 0.25) is 5.02 Å². The molecule has 2 aromatic heterocycles. The molecule has 1 saturated heterocycles. The quantitative estimate of drug-likeness (QED) is 0.681. The largest absolute Gasteiger partial charge is 0.443 e. The van der Waals surface area contributed by atoms with Crippen molar-refractivity contribution < 1.29 is 9.21 Å². The molecular weight excluding hydrogens is 396 g/mol. The number of halogens is 1. The summed E-state index contributed by atoms with van der Waals surface area (Å²) in [4.78, 5) is 46.5. The maximum atomic E-state index is 12.9. The van der Waals surface area contributed by atoms with Gasteiger partial charge in [-0.15, -0.1) is 0 Å². The van der Waals surface area contributed by atoms with Gasteiger partial charge in [0.1, 0.15) is 17.5 Å². The molecule has 3 heterocycles. The fraction of sp³-hybridized carbons (Fsp3) is 0.300. The van der Waals surface area contributed by atoms with Crippen molar-refractivity contribution in [1.29, 1.82) is 0 Å². The smallest absolute Gasteiger partial charge is 0.326 e. The number of piperidine rings is 1. The van der Waals surface area contributed by atoms with Gasteiger partial charge in [-0.1, -0.05) is 23.7 Å². The van der Waals surface area contributed by atoms with E-state index in [4.69, 9.17) is 16.0 Å². The van der Waals surface area contributed by atoms with E-state index < -0.39 is 17.2 Å². The second-order valence-electron chi connectivity index (χ2n) is 6.98. The van der Waals surface area contributed by atoms with Crippen molar-refractivity contribution in [2.75, 3.05) is 6.54 Å². The summed E-state index contributed by atoms with van der Waals surface area (Å²) in [5.74, 6) is 0.694. The van der Waals surface area contributed by atoms with E-state index in [1.165, 1.54) is 0 Å². The third-order valence-corrected chi connectivity index (χ3v) is 5.11. The molecular formula is C20H19ClN4O4. The van der Waals surface area contributed by atoms with Gasteiger partial charge in [0.25, 0.3) is 11.5 Å². The molecule has 1 amide bonds. The molecule has 0 bridgehead atoms. The molecule has 2 N–H and O–H groups in total. The van der Waals surface area contributed by atoms with Gasteiger partial charge in [0.05, 0.1) is 6.20 Å². The van der Waals surface area contributed by atoms with Crippen LogP contribution in [-0.4, -0.2) is 32.3 Å². The lowest BCUT2D eigenvalue weighted by Gasteiger charge is -2.33. The topological polar surface area (TPSA) is 112 Å². The zero-order chi connectivity index (χ0) is 20.4. The summed E-state index contributed by atoms with van der Waals surface area (Å²) in [7, 11) is 0. The third-order valence-electron chi connectivity index (χ3n) is 4.88. The van der Waals surface area contributed by atoms with E-state index in [0.717, 1.165) is 24.5 Å². The maximum Gasteiger partial charge on any atom is 0.326 e. The predicted octanol–water partition coefficient (Wildman–Crippen LogP) is 2.66. The number of aromatic nitrogens is 3. The fourth-order valence-corrected chi connectivity index (χ4v) is 3.79. The lowest BCUT2D eigenvalue weighted by atomic mass is 10.0. The van der Waals surface area contributed by atoms with Gasteiger partial charge in [-0.05, 0) is 37.0 Å². The van der Waals surface area contributed by atoms with Gasteiger partial charge < -0.3 is 14.3 Å². The van der Waals surface area contributed by atoms with Crippen LogP contribution in [0.15, 0.2) is 50.5 Å². The average Bonchev–Trinajstić information content (AvgIpc) is 3.15. The number of carbonyl (C=O) groups is 1. The van der Waals surface area contributed by atoms with E-state index >= 15 is 0 Å². The lowest BCUT2D eigenvalue weighted by molar-refractivity contribution is 0.0563. The van der Waals surface area contributed by atoms with Crippen LogP contribution in [-0.2, 0) is 6.42 Å². The number of oxazole rings is 1. The van der Waals surface area contributed by atoms with Crippen molar-refractivity contribution in [3.05, 3.63) is 85.3 Å². The van der Waals surface area contributed by atoms with E-state index in [1.807, 2.05) is 18.2 Å². The fourth-order valence-electron chi connectivity index (χ4n) is 3.58. The summed E-state index contributed by atoms with van der Waals surface area (Å²) in [5.41, 5.74) is -0.380. The van der Waals surface area contributed by atoms with Crippen LogP contribution < -0.4 is 11.2 Å². The molecule has 0 spiro atoms. The van der Waals surface area contributed by atoms with Gasteiger partial charge >= 0.3 is 5.69 Å². The summed E-state index contributed by atoms with van der Waals surface area (Å²) in [6, 6.07) is 8.24. The molecule has 0 saturated carbocycles. The van der Waals surface area contributed by atoms with Crippen LogP contribution >= 0.6 is 11.6 Å². The molecule has 3 aromatic rings. The number of carbonyl (C=O) groups excluding carboxylic acids is 1. The van der Waals surface area contributed by atoms with E-state index in [0.29, 0.717) is 36.1 Å². The first kappa shape index (κ1) is 19.2. The number of hydrogen-bond donors (Lipinski definition) is 2. The highest BCUT2D eigenvalue weighted by Crippen LogP contribution is 2.32. The number of amides is 1. The molecule has 4 rings (SSSR count). The van der Waals surface area contributed by atoms with Gasteiger partial charge in [0.2, 0.25) is 5.89 Å². The van der Waals surface area contributed by atoms with Crippen molar-refractivity contribution in [3.8, 4) is 0 Å². The first-order chi connectivity index (χ1) is 14.0.